The maximum absolute atomic E-state index is 10.7. The number of rotatable bonds is 7. The van der Waals surface area contributed by atoms with Crippen LogP contribution >= 0.6 is 0 Å². The Labute approximate surface area is 153 Å². The first-order valence-electron chi connectivity index (χ1n) is 7.80. The number of hydrogen-bond acceptors (Lipinski definition) is 8. The lowest BCUT2D eigenvalue weighted by molar-refractivity contribution is -0.385. The molecule has 3 aromatic rings. The summed E-state index contributed by atoms with van der Waals surface area (Å²) in [5.41, 5.74) is 7.17. The number of aryl methyl sites for hydroxylation is 1. The number of aromatic nitrogens is 4. The van der Waals surface area contributed by atoms with E-state index in [1.54, 1.807) is 30.6 Å². The average Bonchev–Trinajstić information content (AvgIpc) is 3.24. The van der Waals surface area contributed by atoms with Crippen molar-refractivity contribution in [2.75, 3.05) is 12.8 Å². The van der Waals surface area contributed by atoms with Crippen LogP contribution in [0.2, 0.25) is 0 Å². The van der Waals surface area contributed by atoms with Crippen LogP contribution in [0.4, 0.5) is 11.6 Å². The van der Waals surface area contributed by atoms with Gasteiger partial charge in [-0.05, 0) is 30.7 Å². The largest absolute Gasteiger partial charge is 0.493 e. The van der Waals surface area contributed by atoms with Crippen LogP contribution < -0.4 is 15.2 Å². The molecular weight excluding hydrogens is 354 g/mol. The van der Waals surface area contributed by atoms with Crippen LogP contribution in [0, 0.1) is 17.0 Å². The molecule has 0 atom stereocenters. The smallest absolute Gasteiger partial charge is 0.307 e. The van der Waals surface area contributed by atoms with E-state index in [9.17, 15) is 10.1 Å². The summed E-state index contributed by atoms with van der Waals surface area (Å²) >= 11 is 0. The average molecular weight is 371 g/mol. The molecule has 0 bridgehead atoms. The maximum Gasteiger partial charge on any atom is 0.307 e. The monoisotopic (exact) mass is 371 g/mol. The van der Waals surface area contributed by atoms with Crippen molar-refractivity contribution in [3.63, 3.8) is 0 Å². The molecule has 0 radical (unpaired) electrons. The number of nitrogen functional groups attached to an aromatic ring is 1. The lowest BCUT2D eigenvalue weighted by Gasteiger charge is -2.11. The van der Waals surface area contributed by atoms with Crippen LogP contribution in [0.5, 0.6) is 11.5 Å². The Kier molecular flexibility index (Phi) is 5.01. The van der Waals surface area contributed by atoms with Crippen LogP contribution in [0.15, 0.2) is 41.9 Å². The van der Waals surface area contributed by atoms with Gasteiger partial charge in [-0.3, -0.25) is 10.1 Å². The Balaban J connectivity index is 1.71. The van der Waals surface area contributed by atoms with Crippen molar-refractivity contribution < 1.29 is 14.4 Å². The molecule has 0 amide bonds. The predicted molar refractivity (Wildman–Crippen MR) is 96.9 cm³/mol. The molecule has 0 spiro atoms. The lowest BCUT2D eigenvalue weighted by Crippen LogP contribution is -2.06. The molecule has 0 unspecified atom stereocenters. The van der Waals surface area contributed by atoms with E-state index < -0.39 is 4.92 Å². The van der Waals surface area contributed by atoms with Crippen LogP contribution in [0.25, 0.3) is 0 Å². The molecule has 0 saturated carbocycles. The van der Waals surface area contributed by atoms with Crippen LogP contribution in [0.1, 0.15) is 11.3 Å². The third-order valence-electron chi connectivity index (χ3n) is 3.54. The molecule has 0 fully saturated rings. The minimum Gasteiger partial charge on any atom is -0.493 e. The van der Waals surface area contributed by atoms with E-state index in [0.29, 0.717) is 17.4 Å². The number of nitrogens with zero attached hydrogens (tertiary/aromatic N) is 6. The highest BCUT2D eigenvalue weighted by atomic mass is 16.6. The molecule has 2 heterocycles. The van der Waals surface area contributed by atoms with E-state index in [4.69, 9.17) is 15.2 Å². The summed E-state index contributed by atoms with van der Waals surface area (Å²) in [6.45, 7) is 1.83. The van der Waals surface area contributed by atoms with E-state index in [1.165, 1.54) is 22.7 Å². The van der Waals surface area contributed by atoms with Gasteiger partial charge in [0, 0.05) is 0 Å². The minimum atomic E-state index is -0.521. The summed E-state index contributed by atoms with van der Waals surface area (Å²) in [6.07, 6.45) is 5.76. The molecular formula is C16H17N7O4. The van der Waals surface area contributed by atoms with Crippen LogP contribution in [-0.4, -0.2) is 37.7 Å². The Hall–Kier alpha value is -3.89. The molecule has 0 aliphatic carbocycles. The summed E-state index contributed by atoms with van der Waals surface area (Å²) in [7, 11) is 1.51. The SMILES string of the molecule is COc1cc(C=Nn2cc(C)nc2N)ccc1OCn1cc([N+](=O)[O-])cn1. The number of anilines is 1. The number of nitro groups is 1. The fourth-order valence-corrected chi connectivity index (χ4v) is 2.26. The van der Waals surface area contributed by atoms with Gasteiger partial charge in [-0.15, -0.1) is 0 Å². The highest BCUT2D eigenvalue weighted by molar-refractivity contribution is 5.81. The fourth-order valence-electron chi connectivity index (χ4n) is 2.26. The number of hydrogen-bond donors (Lipinski definition) is 1. The molecule has 1 aromatic carbocycles. The van der Waals surface area contributed by atoms with Crippen molar-refractivity contribution in [3.05, 3.63) is 58.2 Å². The highest BCUT2D eigenvalue weighted by Crippen LogP contribution is 2.28. The zero-order valence-corrected chi connectivity index (χ0v) is 14.6. The summed E-state index contributed by atoms with van der Waals surface area (Å²) in [5.74, 6) is 1.24. The Morgan fingerprint density at radius 2 is 2.19 bits per heavy atom. The van der Waals surface area contributed by atoms with Crippen molar-refractivity contribution in [2.24, 2.45) is 5.10 Å². The van der Waals surface area contributed by atoms with Gasteiger partial charge in [0.15, 0.2) is 18.2 Å². The second kappa shape index (κ2) is 7.56. The van der Waals surface area contributed by atoms with Crippen molar-refractivity contribution >= 4 is 17.9 Å². The first-order chi connectivity index (χ1) is 13.0. The van der Waals surface area contributed by atoms with Gasteiger partial charge in [-0.1, -0.05) is 0 Å². The Bertz CT molecular complexity index is 993. The van der Waals surface area contributed by atoms with E-state index in [0.717, 1.165) is 17.5 Å². The van der Waals surface area contributed by atoms with Crippen molar-refractivity contribution in [1.29, 1.82) is 0 Å². The number of benzene rings is 1. The zero-order valence-electron chi connectivity index (χ0n) is 14.6. The standard InChI is InChI=1S/C16H17N7O4/c1-11-8-22(16(17)20-11)19-6-12-3-4-14(15(5-12)26-2)27-10-21-9-13(7-18-21)23(24)25/h3-9H,10H2,1-2H3,(H2,17,20). The minimum absolute atomic E-state index is 0.00246. The molecule has 11 nitrogen and oxygen atoms in total. The van der Waals surface area contributed by atoms with Crippen molar-refractivity contribution in [2.45, 2.75) is 13.7 Å². The quantitative estimate of drug-likeness (QED) is 0.380. The normalized spacial score (nSPS) is 11.0. The predicted octanol–water partition coefficient (Wildman–Crippen LogP) is 1.81. The zero-order chi connectivity index (χ0) is 19.4. The highest BCUT2D eigenvalue weighted by Gasteiger charge is 2.10. The Morgan fingerprint density at radius 3 is 2.81 bits per heavy atom. The van der Waals surface area contributed by atoms with Gasteiger partial charge in [0.1, 0.15) is 12.4 Å². The van der Waals surface area contributed by atoms with Crippen LogP contribution in [-0.2, 0) is 6.73 Å². The Morgan fingerprint density at radius 1 is 1.37 bits per heavy atom. The fraction of sp³-hybridized carbons (Fsp3) is 0.188. The third-order valence-corrected chi connectivity index (χ3v) is 3.54. The van der Waals surface area contributed by atoms with Gasteiger partial charge < -0.3 is 15.2 Å². The lowest BCUT2D eigenvalue weighted by atomic mass is 10.2. The van der Waals surface area contributed by atoms with Crippen LogP contribution in [0.3, 0.4) is 0 Å². The molecule has 140 valence electrons. The van der Waals surface area contributed by atoms with E-state index >= 15 is 0 Å². The molecule has 0 aliphatic heterocycles. The van der Waals surface area contributed by atoms with Crippen molar-refractivity contribution in [1.82, 2.24) is 19.4 Å². The van der Waals surface area contributed by atoms with E-state index in [-0.39, 0.29) is 12.4 Å². The molecule has 3 rings (SSSR count). The number of ether oxygens (including phenoxy) is 2. The topological polar surface area (TPSA) is 136 Å². The van der Waals surface area contributed by atoms with Gasteiger partial charge in [0.05, 0.1) is 30.1 Å². The first kappa shape index (κ1) is 17.9. The van der Waals surface area contributed by atoms with E-state index in [1.807, 2.05) is 6.92 Å². The molecule has 2 aromatic heterocycles. The second-order valence-electron chi connectivity index (χ2n) is 5.51. The van der Waals surface area contributed by atoms with Crippen molar-refractivity contribution in [3.8, 4) is 11.5 Å². The molecule has 27 heavy (non-hydrogen) atoms. The first-order valence-corrected chi connectivity index (χ1v) is 7.80. The summed E-state index contributed by atoms with van der Waals surface area (Å²) in [4.78, 5) is 14.2. The van der Waals surface area contributed by atoms with Gasteiger partial charge in [-0.2, -0.15) is 10.2 Å². The van der Waals surface area contributed by atoms with E-state index in [2.05, 4.69) is 15.2 Å². The number of methoxy groups -OCH3 is 1. The van der Waals surface area contributed by atoms with Gasteiger partial charge in [0.25, 0.3) is 0 Å². The van der Waals surface area contributed by atoms with Gasteiger partial charge >= 0.3 is 5.69 Å². The molecule has 2 N–H and O–H groups in total. The number of nitrogens with two attached hydrogens (primary N) is 1. The molecule has 0 saturated heterocycles. The third kappa shape index (κ3) is 4.21. The summed E-state index contributed by atoms with van der Waals surface area (Å²) in [6, 6.07) is 5.23. The van der Waals surface area contributed by atoms with Gasteiger partial charge in [0.2, 0.25) is 5.95 Å². The number of imidazole rings is 1. The second-order valence-corrected chi connectivity index (χ2v) is 5.51. The summed E-state index contributed by atoms with van der Waals surface area (Å²) < 4.78 is 13.7. The summed E-state index contributed by atoms with van der Waals surface area (Å²) in [5, 5.41) is 18.8. The maximum atomic E-state index is 10.7. The van der Waals surface area contributed by atoms with Gasteiger partial charge in [-0.25, -0.2) is 14.3 Å². The molecule has 0 aliphatic rings. The molecule has 11 heteroatoms.